The Balaban J connectivity index is 3.29. The first-order valence-corrected chi connectivity index (χ1v) is 5.38. The monoisotopic (exact) mass is 243 g/mol. The largest absolute Gasteiger partial charge is 0.465 e. The van der Waals surface area contributed by atoms with E-state index in [1.54, 1.807) is 0 Å². The van der Waals surface area contributed by atoms with Gasteiger partial charge >= 0.3 is 5.97 Å². The lowest BCUT2D eigenvalue weighted by atomic mass is 10.2. The van der Waals surface area contributed by atoms with Gasteiger partial charge in [-0.1, -0.05) is 0 Å². The Kier molecular flexibility index (Phi) is 3.73. The van der Waals surface area contributed by atoms with E-state index in [2.05, 4.69) is 10.1 Å². The van der Waals surface area contributed by atoms with Gasteiger partial charge in [-0.05, 0) is 6.92 Å². The van der Waals surface area contributed by atoms with Crippen molar-refractivity contribution in [2.24, 2.45) is 5.73 Å². The number of esters is 1. The van der Waals surface area contributed by atoms with Crippen molar-refractivity contribution in [3.8, 4) is 0 Å². The van der Waals surface area contributed by atoms with Crippen LogP contribution in [0.3, 0.4) is 0 Å². The van der Waals surface area contributed by atoms with E-state index < -0.39 is 11.9 Å². The van der Waals surface area contributed by atoms with Crippen LogP contribution in [0.15, 0.2) is 0 Å². The molecule has 0 aliphatic heterocycles. The predicted octanol–water partition coefficient (Wildman–Crippen LogP) is 0.648. The molecular weight excluding hydrogens is 230 g/mol. The Bertz CT molecular complexity index is 428. The number of nitrogens with one attached hydrogen (secondary N) is 1. The van der Waals surface area contributed by atoms with Crippen LogP contribution in [0.5, 0.6) is 0 Å². The lowest BCUT2D eigenvalue weighted by Gasteiger charge is -2.01. The third-order valence-corrected chi connectivity index (χ3v) is 3.04. The number of hydrogen-bond acceptors (Lipinski definition) is 6. The highest BCUT2D eigenvalue weighted by atomic mass is 32.1. The fourth-order valence-electron chi connectivity index (χ4n) is 1.22. The van der Waals surface area contributed by atoms with E-state index in [0.29, 0.717) is 11.5 Å². The van der Waals surface area contributed by atoms with Crippen LogP contribution in [0, 0.1) is 0 Å². The van der Waals surface area contributed by atoms with Crippen molar-refractivity contribution in [2.45, 2.75) is 6.92 Å². The molecule has 0 aliphatic rings. The highest BCUT2D eigenvalue weighted by molar-refractivity contribution is 7.19. The van der Waals surface area contributed by atoms with Gasteiger partial charge in [0.15, 0.2) is 0 Å². The molecule has 0 aromatic carbocycles. The van der Waals surface area contributed by atoms with Gasteiger partial charge in [0.1, 0.15) is 9.88 Å². The maximum Gasteiger partial charge on any atom is 0.350 e. The van der Waals surface area contributed by atoms with Gasteiger partial charge in [0.25, 0.3) is 5.91 Å². The normalized spacial score (nSPS) is 9.88. The van der Waals surface area contributed by atoms with Crippen molar-refractivity contribution in [3.63, 3.8) is 0 Å². The van der Waals surface area contributed by atoms with Gasteiger partial charge in [0.05, 0.1) is 18.4 Å². The van der Waals surface area contributed by atoms with Gasteiger partial charge in [-0.2, -0.15) is 0 Å². The van der Waals surface area contributed by atoms with E-state index in [0.717, 1.165) is 11.3 Å². The molecule has 0 bridgehead atoms. The maximum absolute atomic E-state index is 11.4. The molecule has 7 heteroatoms. The Labute approximate surface area is 96.6 Å². The SMILES string of the molecule is CCNc1sc(C(=O)OC)c(N)c1C(N)=O. The zero-order valence-corrected chi connectivity index (χ0v) is 9.81. The van der Waals surface area contributed by atoms with Crippen LogP contribution in [0.2, 0.25) is 0 Å². The minimum absolute atomic E-state index is 0.0697. The van der Waals surface area contributed by atoms with E-state index in [1.165, 1.54) is 7.11 Å². The molecule has 0 atom stereocenters. The van der Waals surface area contributed by atoms with E-state index in [1.807, 2.05) is 6.92 Å². The summed E-state index contributed by atoms with van der Waals surface area (Å²) in [5, 5.41) is 3.42. The van der Waals surface area contributed by atoms with E-state index in [9.17, 15) is 9.59 Å². The third-order valence-electron chi connectivity index (χ3n) is 1.90. The van der Waals surface area contributed by atoms with Crippen molar-refractivity contribution in [2.75, 3.05) is 24.7 Å². The van der Waals surface area contributed by atoms with Crippen LogP contribution in [-0.2, 0) is 4.74 Å². The number of methoxy groups -OCH3 is 1. The van der Waals surface area contributed by atoms with Crippen LogP contribution in [0.25, 0.3) is 0 Å². The van der Waals surface area contributed by atoms with Gasteiger partial charge in [-0.3, -0.25) is 4.79 Å². The summed E-state index contributed by atoms with van der Waals surface area (Å²) in [6, 6.07) is 0. The molecule has 1 aromatic heterocycles. The minimum Gasteiger partial charge on any atom is -0.465 e. The topological polar surface area (TPSA) is 107 Å². The summed E-state index contributed by atoms with van der Waals surface area (Å²) >= 11 is 1.06. The average molecular weight is 243 g/mol. The smallest absolute Gasteiger partial charge is 0.350 e. The number of hydrogen-bond donors (Lipinski definition) is 3. The standard InChI is InChI=1S/C9H13N3O3S/c1-3-12-8-4(7(11)13)5(10)6(16-8)9(14)15-2/h12H,3,10H2,1-2H3,(H2,11,13). The van der Waals surface area contributed by atoms with E-state index >= 15 is 0 Å². The van der Waals surface area contributed by atoms with Crippen LogP contribution in [0.4, 0.5) is 10.7 Å². The lowest BCUT2D eigenvalue weighted by Crippen LogP contribution is -2.15. The Hall–Kier alpha value is -1.76. The Morgan fingerprint density at radius 2 is 2.12 bits per heavy atom. The summed E-state index contributed by atoms with van der Waals surface area (Å²) in [5.41, 5.74) is 11.1. The highest BCUT2D eigenvalue weighted by Gasteiger charge is 2.24. The summed E-state index contributed by atoms with van der Waals surface area (Å²) in [7, 11) is 1.25. The van der Waals surface area contributed by atoms with Crippen LogP contribution in [0.1, 0.15) is 27.0 Å². The molecule has 1 rings (SSSR count). The molecule has 88 valence electrons. The number of amides is 1. The first-order valence-electron chi connectivity index (χ1n) is 4.57. The number of primary amides is 1. The number of carbonyl (C=O) groups is 2. The second-order valence-electron chi connectivity index (χ2n) is 2.94. The summed E-state index contributed by atoms with van der Waals surface area (Å²) in [5.74, 6) is -1.24. The van der Waals surface area contributed by atoms with Gasteiger partial charge in [0, 0.05) is 6.54 Å². The second kappa shape index (κ2) is 4.84. The number of anilines is 2. The molecule has 0 aliphatic carbocycles. The molecule has 1 heterocycles. The molecule has 0 spiro atoms. The van der Waals surface area contributed by atoms with E-state index in [-0.39, 0.29) is 16.1 Å². The summed E-state index contributed by atoms with van der Waals surface area (Å²) in [4.78, 5) is 22.7. The quantitative estimate of drug-likeness (QED) is 0.673. The molecule has 0 saturated heterocycles. The van der Waals surface area contributed by atoms with Crippen LogP contribution >= 0.6 is 11.3 Å². The van der Waals surface area contributed by atoms with Gasteiger partial charge in [-0.15, -0.1) is 11.3 Å². The zero-order valence-electron chi connectivity index (χ0n) is 8.99. The molecule has 6 nitrogen and oxygen atoms in total. The number of nitrogens with two attached hydrogens (primary N) is 2. The molecule has 0 saturated carbocycles. The lowest BCUT2D eigenvalue weighted by molar-refractivity contribution is 0.0607. The van der Waals surface area contributed by atoms with Gasteiger partial charge in [0.2, 0.25) is 0 Å². The van der Waals surface area contributed by atoms with Crippen molar-refractivity contribution < 1.29 is 14.3 Å². The molecule has 16 heavy (non-hydrogen) atoms. The molecule has 1 aromatic rings. The number of nitrogen functional groups attached to an aromatic ring is 1. The summed E-state index contributed by atoms with van der Waals surface area (Å²) in [6.45, 7) is 2.46. The molecule has 0 unspecified atom stereocenters. The minimum atomic E-state index is -0.667. The fourth-order valence-corrected chi connectivity index (χ4v) is 2.33. The van der Waals surface area contributed by atoms with Crippen molar-refractivity contribution >= 4 is 33.9 Å². The van der Waals surface area contributed by atoms with Crippen LogP contribution in [-0.4, -0.2) is 25.5 Å². The summed E-state index contributed by atoms with van der Waals surface area (Å²) < 4.78 is 4.55. The first kappa shape index (κ1) is 12.3. The number of ether oxygens (including phenoxy) is 1. The van der Waals surface area contributed by atoms with Gasteiger partial charge in [-0.25, -0.2) is 4.79 Å². The summed E-state index contributed by atoms with van der Waals surface area (Å²) in [6.07, 6.45) is 0. The third kappa shape index (κ3) is 2.08. The molecule has 1 amide bonds. The second-order valence-corrected chi connectivity index (χ2v) is 3.96. The maximum atomic E-state index is 11.4. The molecule has 0 radical (unpaired) electrons. The van der Waals surface area contributed by atoms with Crippen LogP contribution < -0.4 is 16.8 Å². The number of rotatable bonds is 4. The zero-order chi connectivity index (χ0) is 12.3. The predicted molar refractivity (Wildman–Crippen MR) is 62.8 cm³/mol. The highest BCUT2D eigenvalue weighted by Crippen LogP contribution is 2.35. The fraction of sp³-hybridized carbons (Fsp3) is 0.333. The van der Waals surface area contributed by atoms with Gasteiger partial charge < -0.3 is 21.5 Å². The molecule has 5 N–H and O–H groups in total. The molecular formula is C9H13N3O3S. The number of thiophene rings is 1. The van der Waals surface area contributed by atoms with Crippen molar-refractivity contribution in [1.82, 2.24) is 0 Å². The Morgan fingerprint density at radius 1 is 1.50 bits per heavy atom. The molecule has 0 fully saturated rings. The van der Waals surface area contributed by atoms with Crippen molar-refractivity contribution in [3.05, 3.63) is 10.4 Å². The first-order chi connectivity index (χ1) is 7.52. The number of carbonyl (C=O) groups excluding carboxylic acids is 2. The van der Waals surface area contributed by atoms with E-state index in [4.69, 9.17) is 11.5 Å². The van der Waals surface area contributed by atoms with Crippen molar-refractivity contribution in [1.29, 1.82) is 0 Å². The average Bonchev–Trinajstić information content (AvgIpc) is 2.55. The Morgan fingerprint density at radius 3 is 2.56 bits per heavy atom.